The first-order valence-corrected chi connectivity index (χ1v) is 8.76. The van der Waals surface area contributed by atoms with Gasteiger partial charge in [-0.3, -0.25) is 4.57 Å². The van der Waals surface area contributed by atoms with E-state index in [4.69, 9.17) is 14.8 Å². The highest BCUT2D eigenvalue weighted by molar-refractivity contribution is 7.99. The second-order valence-corrected chi connectivity index (χ2v) is 6.36. The maximum absolute atomic E-state index is 9.17. The first kappa shape index (κ1) is 16.6. The van der Waals surface area contributed by atoms with Gasteiger partial charge in [-0.2, -0.15) is 0 Å². The summed E-state index contributed by atoms with van der Waals surface area (Å²) in [5.41, 5.74) is 4.14. The largest absolute Gasteiger partial charge is 0.497 e. The Morgan fingerprint density at radius 3 is 2.42 bits per heavy atom. The van der Waals surface area contributed by atoms with Gasteiger partial charge in [-0.05, 0) is 43.3 Å². The molecule has 0 bridgehead atoms. The summed E-state index contributed by atoms with van der Waals surface area (Å²) in [6.45, 7) is 2.20. The molecule has 2 aromatic carbocycles. The van der Waals surface area contributed by atoms with Crippen molar-refractivity contribution in [3.05, 3.63) is 60.3 Å². The minimum atomic E-state index is 0.128. The van der Waals surface area contributed by atoms with Crippen LogP contribution in [-0.2, 0) is 0 Å². The van der Waals surface area contributed by atoms with Crippen LogP contribution in [0.2, 0.25) is 0 Å². The summed E-state index contributed by atoms with van der Waals surface area (Å²) in [5, 5.41) is 10.1. The highest BCUT2D eigenvalue weighted by atomic mass is 32.2. The first-order chi connectivity index (χ1) is 11.7. The lowest BCUT2D eigenvalue weighted by molar-refractivity contribution is 0.322. The number of nitrogens with zero attached hydrogens (tertiary/aromatic N) is 2. The zero-order valence-electron chi connectivity index (χ0n) is 13.8. The number of ether oxygens (including phenoxy) is 1. The van der Waals surface area contributed by atoms with Gasteiger partial charge < -0.3 is 9.84 Å². The lowest BCUT2D eigenvalue weighted by Crippen LogP contribution is -1.99. The van der Waals surface area contributed by atoms with E-state index in [0.29, 0.717) is 5.75 Å². The normalized spacial score (nSPS) is 10.8. The Morgan fingerprint density at radius 1 is 1.08 bits per heavy atom. The van der Waals surface area contributed by atoms with Gasteiger partial charge in [-0.1, -0.05) is 30.0 Å². The minimum Gasteiger partial charge on any atom is -0.497 e. The van der Waals surface area contributed by atoms with Gasteiger partial charge in [-0.15, -0.1) is 0 Å². The average Bonchev–Trinajstić information content (AvgIpc) is 2.97. The van der Waals surface area contributed by atoms with Crippen LogP contribution >= 0.6 is 11.8 Å². The molecule has 3 aromatic rings. The predicted molar refractivity (Wildman–Crippen MR) is 98.1 cm³/mol. The van der Waals surface area contributed by atoms with Crippen molar-refractivity contribution in [1.82, 2.24) is 9.55 Å². The third-order valence-electron chi connectivity index (χ3n) is 3.78. The molecule has 1 aromatic heterocycles. The maximum Gasteiger partial charge on any atom is 0.173 e. The Morgan fingerprint density at radius 2 is 1.79 bits per heavy atom. The summed E-state index contributed by atoms with van der Waals surface area (Å²) in [7, 11) is 1.66. The fourth-order valence-electron chi connectivity index (χ4n) is 2.61. The van der Waals surface area contributed by atoms with E-state index in [2.05, 4.69) is 23.6 Å². The van der Waals surface area contributed by atoms with Crippen LogP contribution in [0.15, 0.2) is 59.8 Å². The topological polar surface area (TPSA) is 47.3 Å². The van der Waals surface area contributed by atoms with Crippen molar-refractivity contribution in [3.63, 3.8) is 0 Å². The zero-order valence-corrected chi connectivity index (χ0v) is 14.6. The van der Waals surface area contributed by atoms with Crippen molar-refractivity contribution in [3.8, 4) is 22.7 Å². The molecule has 0 aliphatic rings. The Labute approximate surface area is 146 Å². The van der Waals surface area contributed by atoms with Crippen LogP contribution < -0.4 is 4.74 Å². The smallest absolute Gasteiger partial charge is 0.173 e. The molecule has 3 rings (SSSR count). The van der Waals surface area contributed by atoms with Crippen molar-refractivity contribution in [2.24, 2.45) is 0 Å². The number of imidazole rings is 1. The van der Waals surface area contributed by atoms with Crippen molar-refractivity contribution in [2.45, 2.75) is 12.1 Å². The molecule has 0 aliphatic carbocycles. The highest BCUT2D eigenvalue weighted by Gasteiger charge is 2.17. The van der Waals surface area contributed by atoms with E-state index in [9.17, 15) is 0 Å². The molecule has 0 fully saturated rings. The van der Waals surface area contributed by atoms with Crippen molar-refractivity contribution < 1.29 is 9.84 Å². The van der Waals surface area contributed by atoms with E-state index in [1.165, 1.54) is 0 Å². The Kier molecular flexibility index (Phi) is 5.23. The SMILES string of the molecule is COc1ccc(-c2nc(SCCO)n(-c3ccccc3)c2C)cc1. The molecular formula is C19H20N2O2S. The number of para-hydroxylation sites is 1. The molecule has 1 heterocycles. The summed E-state index contributed by atoms with van der Waals surface area (Å²) < 4.78 is 7.37. The van der Waals surface area contributed by atoms with Crippen molar-refractivity contribution >= 4 is 11.8 Å². The number of aliphatic hydroxyl groups is 1. The number of aromatic nitrogens is 2. The molecule has 124 valence electrons. The Hall–Kier alpha value is -2.24. The summed E-state index contributed by atoms with van der Waals surface area (Å²) in [6.07, 6.45) is 0. The number of aliphatic hydroxyl groups excluding tert-OH is 1. The number of rotatable bonds is 6. The summed E-state index contributed by atoms with van der Waals surface area (Å²) in [6, 6.07) is 18.1. The van der Waals surface area contributed by atoms with Gasteiger partial charge in [0.15, 0.2) is 5.16 Å². The molecule has 0 spiro atoms. The van der Waals surface area contributed by atoms with Crippen LogP contribution in [0.5, 0.6) is 5.75 Å². The molecule has 4 nitrogen and oxygen atoms in total. The van der Waals surface area contributed by atoms with Gasteiger partial charge in [0, 0.05) is 22.7 Å². The Bertz CT molecular complexity index is 798. The molecule has 0 unspecified atom stereocenters. The third kappa shape index (κ3) is 3.32. The number of hydrogen-bond donors (Lipinski definition) is 1. The lowest BCUT2D eigenvalue weighted by atomic mass is 10.1. The standard InChI is InChI=1S/C19H20N2O2S/c1-14-18(15-8-10-17(23-2)11-9-15)20-19(24-13-12-22)21(14)16-6-4-3-5-7-16/h3-11,22H,12-13H2,1-2H3. The second-order valence-electron chi connectivity index (χ2n) is 5.30. The van der Waals surface area contributed by atoms with E-state index < -0.39 is 0 Å². The molecule has 1 N–H and O–H groups in total. The van der Waals surface area contributed by atoms with Gasteiger partial charge in [0.25, 0.3) is 0 Å². The van der Waals surface area contributed by atoms with Gasteiger partial charge in [0.05, 0.1) is 19.4 Å². The molecule has 0 saturated heterocycles. The van der Waals surface area contributed by atoms with Crippen LogP contribution in [-0.4, -0.2) is 34.1 Å². The summed E-state index contributed by atoms with van der Waals surface area (Å²) >= 11 is 1.56. The van der Waals surface area contributed by atoms with E-state index in [0.717, 1.165) is 33.5 Å². The van der Waals surface area contributed by atoms with Gasteiger partial charge >= 0.3 is 0 Å². The predicted octanol–water partition coefficient (Wildman–Crippen LogP) is 3.94. The summed E-state index contributed by atoms with van der Waals surface area (Å²) in [4.78, 5) is 4.82. The number of methoxy groups -OCH3 is 1. The van der Waals surface area contributed by atoms with E-state index in [1.54, 1.807) is 18.9 Å². The zero-order chi connectivity index (χ0) is 16.9. The molecule has 0 atom stereocenters. The van der Waals surface area contributed by atoms with Gasteiger partial charge in [0.1, 0.15) is 5.75 Å². The molecule has 0 radical (unpaired) electrons. The lowest BCUT2D eigenvalue weighted by Gasteiger charge is -2.09. The molecule has 24 heavy (non-hydrogen) atoms. The number of thioether (sulfide) groups is 1. The monoisotopic (exact) mass is 340 g/mol. The molecule has 5 heteroatoms. The number of hydrogen-bond acceptors (Lipinski definition) is 4. The first-order valence-electron chi connectivity index (χ1n) is 7.77. The average molecular weight is 340 g/mol. The molecule has 0 aliphatic heterocycles. The van der Waals surface area contributed by atoms with Crippen LogP contribution in [0.4, 0.5) is 0 Å². The Balaban J connectivity index is 2.08. The fourth-order valence-corrected chi connectivity index (χ4v) is 3.41. The van der Waals surface area contributed by atoms with Crippen LogP contribution in [0.25, 0.3) is 16.9 Å². The third-order valence-corrected chi connectivity index (χ3v) is 4.70. The van der Waals surface area contributed by atoms with E-state index in [1.807, 2.05) is 42.5 Å². The van der Waals surface area contributed by atoms with E-state index >= 15 is 0 Å². The number of benzene rings is 2. The maximum atomic E-state index is 9.17. The van der Waals surface area contributed by atoms with Crippen molar-refractivity contribution in [1.29, 1.82) is 0 Å². The molecule has 0 amide bonds. The second kappa shape index (κ2) is 7.55. The fraction of sp³-hybridized carbons (Fsp3) is 0.211. The minimum absolute atomic E-state index is 0.128. The molecule has 0 saturated carbocycles. The van der Waals surface area contributed by atoms with Crippen LogP contribution in [0, 0.1) is 6.92 Å². The van der Waals surface area contributed by atoms with Crippen LogP contribution in [0.1, 0.15) is 5.69 Å². The summed E-state index contributed by atoms with van der Waals surface area (Å²) in [5.74, 6) is 1.44. The quantitative estimate of drug-likeness (QED) is 0.691. The van der Waals surface area contributed by atoms with Gasteiger partial charge in [0.2, 0.25) is 0 Å². The van der Waals surface area contributed by atoms with Crippen LogP contribution in [0.3, 0.4) is 0 Å². The van der Waals surface area contributed by atoms with E-state index in [-0.39, 0.29) is 6.61 Å². The highest BCUT2D eigenvalue weighted by Crippen LogP contribution is 2.31. The van der Waals surface area contributed by atoms with Crippen molar-refractivity contribution in [2.75, 3.05) is 19.5 Å². The molecular weight excluding hydrogens is 320 g/mol. The van der Waals surface area contributed by atoms with Gasteiger partial charge in [-0.25, -0.2) is 4.98 Å².